The number of amidine groups is 1. The first-order valence-electron chi connectivity index (χ1n) is 9.73. The molecule has 6 heteroatoms. The molecular weight excluding hydrogens is 357 g/mol. The maximum absolute atomic E-state index is 14.5. The van der Waals surface area contributed by atoms with Crippen molar-refractivity contribution in [1.29, 1.82) is 0 Å². The quantitative estimate of drug-likeness (QED) is 0.878. The van der Waals surface area contributed by atoms with Crippen LogP contribution >= 0.6 is 0 Å². The van der Waals surface area contributed by atoms with Crippen molar-refractivity contribution in [2.75, 3.05) is 39.3 Å². The Morgan fingerprint density at radius 2 is 1.82 bits per heavy atom. The Balaban J connectivity index is 1.74. The van der Waals surface area contributed by atoms with E-state index in [2.05, 4.69) is 9.80 Å². The van der Waals surface area contributed by atoms with Crippen LogP contribution in [-0.4, -0.2) is 60.1 Å². The Morgan fingerprint density at radius 1 is 1.07 bits per heavy atom. The Hall–Kier alpha value is -2.44. The molecule has 0 spiro atoms. The fraction of sp³-hybridized carbons (Fsp3) is 0.409. The third-order valence-corrected chi connectivity index (χ3v) is 5.31. The molecule has 2 aliphatic heterocycles. The first-order chi connectivity index (χ1) is 13.5. The molecule has 2 aromatic rings. The van der Waals surface area contributed by atoms with Crippen molar-refractivity contribution in [3.8, 4) is 11.5 Å². The van der Waals surface area contributed by atoms with E-state index >= 15 is 0 Å². The normalized spacial score (nSPS) is 17.3. The van der Waals surface area contributed by atoms with Gasteiger partial charge < -0.3 is 14.7 Å². The highest BCUT2D eigenvalue weighted by molar-refractivity contribution is 6.03. The van der Waals surface area contributed by atoms with Gasteiger partial charge in [-0.3, -0.25) is 4.90 Å². The number of aliphatic hydroxyl groups excluding tert-OH is 1. The number of nitrogens with zero attached hydrogens (tertiary/aromatic N) is 3. The summed E-state index contributed by atoms with van der Waals surface area (Å²) in [5.74, 6) is 2.24. The van der Waals surface area contributed by atoms with Crippen LogP contribution in [0.5, 0.6) is 11.5 Å². The molecular formula is C22H26FN3O2. The molecule has 4 rings (SSSR count). The average molecular weight is 383 g/mol. The molecule has 1 saturated heterocycles. The molecule has 0 bridgehead atoms. The summed E-state index contributed by atoms with van der Waals surface area (Å²) in [5, 5.41) is 9.18. The van der Waals surface area contributed by atoms with Gasteiger partial charge in [-0.05, 0) is 43.7 Å². The summed E-state index contributed by atoms with van der Waals surface area (Å²) in [6.45, 7) is 7.33. The van der Waals surface area contributed by atoms with E-state index in [9.17, 15) is 9.50 Å². The maximum atomic E-state index is 14.5. The molecule has 2 heterocycles. The van der Waals surface area contributed by atoms with Crippen LogP contribution in [0.1, 0.15) is 25.0 Å². The lowest BCUT2D eigenvalue weighted by molar-refractivity contribution is 0.147. The van der Waals surface area contributed by atoms with Gasteiger partial charge in [0, 0.05) is 32.7 Å². The number of fused-ring (bicyclic) bond motifs is 2. The van der Waals surface area contributed by atoms with Gasteiger partial charge in [-0.25, -0.2) is 9.38 Å². The maximum Gasteiger partial charge on any atom is 0.153 e. The number of hydrogen-bond donors (Lipinski definition) is 1. The summed E-state index contributed by atoms with van der Waals surface area (Å²) < 4.78 is 20.6. The minimum Gasteiger partial charge on any atom is -0.454 e. The number of aliphatic imine (C=N–C) groups is 1. The van der Waals surface area contributed by atoms with Gasteiger partial charge in [0.25, 0.3) is 0 Å². The highest BCUT2D eigenvalue weighted by Crippen LogP contribution is 2.40. The van der Waals surface area contributed by atoms with Crippen molar-refractivity contribution < 1.29 is 14.2 Å². The molecule has 5 nitrogen and oxygen atoms in total. The highest BCUT2D eigenvalue weighted by Gasteiger charge is 2.27. The summed E-state index contributed by atoms with van der Waals surface area (Å²) in [4.78, 5) is 9.42. The van der Waals surface area contributed by atoms with Crippen molar-refractivity contribution >= 4 is 11.5 Å². The Labute approximate surface area is 165 Å². The van der Waals surface area contributed by atoms with E-state index in [4.69, 9.17) is 9.73 Å². The predicted octanol–water partition coefficient (Wildman–Crippen LogP) is 3.69. The summed E-state index contributed by atoms with van der Waals surface area (Å²) in [5.41, 5.74) is 0.721. The van der Waals surface area contributed by atoms with Gasteiger partial charge in [-0.1, -0.05) is 18.2 Å². The lowest BCUT2D eigenvalue weighted by atomic mass is 9.99. The van der Waals surface area contributed by atoms with Gasteiger partial charge in [0.15, 0.2) is 5.75 Å². The first kappa shape index (κ1) is 18.9. The molecule has 0 amide bonds. The predicted molar refractivity (Wildman–Crippen MR) is 108 cm³/mol. The molecule has 1 N–H and O–H groups in total. The Kier molecular flexibility index (Phi) is 5.08. The van der Waals surface area contributed by atoms with Crippen LogP contribution in [0.4, 0.5) is 10.1 Å². The molecule has 148 valence electrons. The SMILES string of the molecule is CC(C)(F)c1ccc2c(c1)N=C(N1CCN(CCO)CC1)c1ccccc1O2. The van der Waals surface area contributed by atoms with Gasteiger partial charge in [0.05, 0.1) is 12.2 Å². The summed E-state index contributed by atoms with van der Waals surface area (Å²) in [7, 11) is 0. The van der Waals surface area contributed by atoms with Gasteiger partial charge >= 0.3 is 0 Å². The zero-order valence-corrected chi connectivity index (χ0v) is 16.4. The van der Waals surface area contributed by atoms with Crippen LogP contribution in [0, 0.1) is 0 Å². The van der Waals surface area contributed by atoms with Crippen LogP contribution < -0.4 is 4.74 Å². The lowest BCUT2D eigenvalue weighted by Crippen LogP contribution is -2.49. The number of aliphatic hydroxyl groups is 1. The van der Waals surface area contributed by atoms with Gasteiger partial charge in [-0.2, -0.15) is 0 Å². The molecule has 1 fully saturated rings. The smallest absolute Gasteiger partial charge is 0.153 e. The third-order valence-electron chi connectivity index (χ3n) is 5.31. The molecule has 0 unspecified atom stereocenters. The monoisotopic (exact) mass is 383 g/mol. The van der Waals surface area contributed by atoms with Crippen LogP contribution in [0.2, 0.25) is 0 Å². The second-order valence-electron chi connectivity index (χ2n) is 7.74. The minimum absolute atomic E-state index is 0.173. The minimum atomic E-state index is -1.44. The molecule has 0 aliphatic carbocycles. The molecule has 0 atom stereocenters. The molecule has 2 aromatic carbocycles. The number of ether oxygens (including phenoxy) is 1. The number of benzene rings is 2. The third kappa shape index (κ3) is 3.75. The van der Waals surface area contributed by atoms with Gasteiger partial charge in [-0.15, -0.1) is 0 Å². The number of alkyl halides is 1. The number of piperazine rings is 1. The molecule has 28 heavy (non-hydrogen) atoms. The second-order valence-corrected chi connectivity index (χ2v) is 7.74. The van der Waals surface area contributed by atoms with E-state index in [0.29, 0.717) is 23.5 Å². The zero-order chi connectivity index (χ0) is 19.7. The van der Waals surface area contributed by atoms with E-state index < -0.39 is 5.67 Å². The highest BCUT2D eigenvalue weighted by atomic mass is 19.1. The molecule has 0 saturated carbocycles. The largest absolute Gasteiger partial charge is 0.454 e. The van der Waals surface area contributed by atoms with Crippen LogP contribution in [0.25, 0.3) is 0 Å². The van der Waals surface area contributed by atoms with E-state index in [1.54, 1.807) is 32.0 Å². The van der Waals surface area contributed by atoms with Crippen molar-refractivity contribution in [1.82, 2.24) is 9.80 Å². The van der Waals surface area contributed by atoms with Crippen LogP contribution in [0.3, 0.4) is 0 Å². The number of halogens is 1. The van der Waals surface area contributed by atoms with E-state index in [-0.39, 0.29) is 6.61 Å². The topological polar surface area (TPSA) is 48.3 Å². The van der Waals surface area contributed by atoms with Gasteiger partial charge in [0.1, 0.15) is 22.9 Å². The van der Waals surface area contributed by atoms with Crippen molar-refractivity contribution in [2.45, 2.75) is 19.5 Å². The number of β-amino-alcohol motifs (C(OH)–C–C–N with tert-alkyl or cyclic N) is 1. The molecule has 0 aromatic heterocycles. The first-order valence-corrected chi connectivity index (χ1v) is 9.73. The zero-order valence-electron chi connectivity index (χ0n) is 16.4. The Morgan fingerprint density at radius 3 is 2.54 bits per heavy atom. The summed E-state index contributed by atoms with van der Waals surface area (Å²) in [6, 6.07) is 13.2. The van der Waals surface area contributed by atoms with Crippen LogP contribution in [-0.2, 0) is 5.67 Å². The van der Waals surface area contributed by atoms with Crippen LogP contribution in [0.15, 0.2) is 47.5 Å². The number of para-hydroxylation sites is 1. The number of hydrogen-bond acceptors (Lipinski definition) is 5. The lowest BCUT2D eigenvalue weighted by Gasteiger charge is -2.36. The summed E-state index contributed by atoms with van der Waals surface area (Å²) in [6.07, 6.45) is 0. The average Bonchev–Trinajstić information content (AvgIpc) is 2.84. The Bertz CT molecular complexity index is 884. The molecule has 0 radical (unpaired) electrons. The van der Waals surface area contributed by atoms with Crippen molar-refractivity contribution in [2.24, 2.45) is 4.99 Å². The van der Waals surface area contributed by atoms with Gasteiger partial charge in [0.2, 0.25) is 0 Å². The fourth-order valence-electron chi connectivity index (χ4n) is 3.66. The van der Waals surface area contributed by atoms with E-state index in [0.717, 1.165) is 43.3 Å². The number of rotatable bonds is 3. The second kappa shape index (κ2) is 7.53. The standard InChI is InChI=1S/C22H26FN3O2/c1-22(2,23)16-7-8-20-18(15-16)24-21(17-5-3-4-6-19(17)28-20)26-11-9-25(10-12-26)13-14-27/h3-8,15,27H,9-14H2,1-2H3. The van der Waals surface area contributed by atoms with Crippen molar-refractivity contribution in [3.05, 3.63) is 53.6 Å². The van der Waals surface area contributed by atoms with E-state index in [1.165, 1.54) is 0 Å². The summed E-state index contributed by atoms with van der Waals surface area (Å²) >= 11 is 0. The molecule has 2 aliphatic rings. The van der Waals surface area contributed by atoms with Crippen molar-refractivity contribution in [3.63, 3.8) is 0 Å². The van der Waals surface area contributed by atoms with E-state index in [1.807, 2.05) is 24.3 Å². The fourth-order valence-corrected chi connectivity index (χ4v) is 3.66.